The lowest BCUT2D eigenvalue weighted by molar-refractivity contribution is 0.415. The highest BCUT2D eigenvalue weighted by atomic mass is 32.2. The molecule has 0 saturated carbocycles. The topological polar surface area (TPSA) is 45.4 Å². The summed E-state index contributed by atoms with van der Waals surface area (Å²) in [5.41, 5.74) is 2.05. The minimum Gasteiger partial charge on any atom is -0.497 e. The van der Waals surface area contributed by atoms with Crippen LogP contribution in [0.4, 0.5) is 0 Å². The molecule has 1 aliphatic heterocycles. The molecule has 0 spiro atoms. The van der Waals surface area contributed by atoms with Gasteiger partial charge in [-0.2, -0.15) is 0 Å². The lowest BCUT2D eigenvalue weighted by Crippen LogP contribution is -2.09. The normalized spacial score (nSPS) is 20.3. The van der Waals surface area contributed by atoms with Gasteiger partial charge in [-0.25, -0.2) is 4.99 Å². The Hall–Kier alpha value is -1.29. The van der Waals surface area contributed by atoms with E-state index in [9.17, 15) is 0 Å². The Bertz CT molecular complexity index is 411. The number of amidine groups is 1. The molecule has 1 unspecified atom stereocenters. The van der Waals surface area contributed by atoms with Crippen molar-refractivity contribution in [3.8, 4) is 5.75 Å². The van der Waals surface area contributed by atoms with Crippen molar-refractivity contribution in [2.75, 3.05) is 7.11 Å². The Labute approximate surface area is 93.1 Å². The fourth-order valence-electron chi connectivity index (χ4n) is 1.51. The fourth-order valence-corrected chi connectivity index (χ4v) is 2.30. The van der Waals surface area contributed by atoms with Crippen LogP contribution in [0.3, 0.4) is 0 Å². The summed E-state index contributed by atoms with van der Waals surface area (Å²) in [5, 5.41) is 8.15. The third kappa shape index (κ3) is 2.04. The maximum Gasteiger partial charge on any atom is 0.181 e. The molecule has 1 aromatic rings. The number of ether oxygens (including phenoxy) is 1. The van der Waals surface area contributed by atoms with Gasteiger partial charge in [0.05, 0.1) is 18.1 Å². The summed E-state index contributed by atoms with van der Waals surface area (Å²) in [6.45, 7) is 2.06. The lowest BCUT2D eigenvalue weighted by Gasteiger charge is -2.06. The van der Waals surface area contributed by atoms with Gasteiger partial charge < -0.3 is 4.74 Å². The zero-order valence-electron chi connectivity index (χ0n) is 8.65. The Morgan fingerprint density at radius 3 is 2.47 bits per heavy atom. The Morgan fingerprint density at radius 1 is 1.33 bits per heavy atom. The minimum absolute atomic E-state index is 0.269. The number of thioether (sulfide) groups is 1. The van der Waals surface area contributed by atoms with Gasteiger partial charge in [0, 0.05) is 0 Å². The molecule has 1 aliphatic rings. The molecular formula is C11H12N2OS. The average molecular weight is 220 g/mol. The summed E-state index contributed by atoms with van der Waals surface area (Å²) in [6.07, 6.45) is 0. The predicted octanol–water partition coefficient (Wildman–Crippen LogP) is 2.55. The van der Waals surface area contributed by atoms with Crippen molar-refractivity contribution in [1.29, 1.82) is 5.41 Å². The van der Waals surface area contributed by atoms with Crippen LogP contribution < -0.4 is 4.74 Å². The van der Waals surface area contributed by atoms with E-state index in [4.69, 9.17) is 10.1 Å². The molecule has 0 fully saturated rings. The molecule has 0 aliphatic carbocycles. The molecule has 15 heavy (non-hydrogen) atoms. The van der Waals surface area contributed by atoms with Crippen LogP contribution in [-0.4, -0.2) is 23.2 Å². The van der Waals surface area contributed by atoms with Crippen molar-refractivity contribution in [1.82, 2.24) is 0 Å². The van der Waals surface area contributed by atoms with Crippen molar-refractivity contribution in [2.45, 2.75) is 12.2 Å². The summed E-state index contributed by atoms with van der Waals surface area (Å²) in [4.78, 5) is 4.22. The summed E-state index contributed by atoms with van der Waals surface area (Å²) in [6, 6.07) is 7.79. The lowest BCUT2D eigenvalue weighted by atomic mass is 10.1. The van der Waals surface area contributed by atoms with Crippen LogP contribution in [0.1, 0.15) is 12.5 Å². The van der Waals surface area contributed by atoms with Gasteiger partial charge in [0.25, 0.3) is 0 Å². The first kappa shape index (κ1) is 10.2. The van der Waals surface area contributed by atoms with Crippen LogP contribution in [0.25, 0.3) is 0 Å². The Balaban J connectivity index is 2.30. The third-order valence-corrected chi connectivity index (χ3v) is 3.17. The molecule has 0 aromatic heterocycles. The fraction of sp³-hybridized carbons (Fsp3) is 0.273. The molecule has 0 saturated heterocycles. The highest BCUT2D eigenvalue weighted by molar-refractivity contribution is 8.15. The number of nitrogens with zero attached hydrogens (tertiary/aromatic N) is 1. The predicted molar refractivity (Wildman–Crippen MR) is 64.3 cm³/mol. The summed E-state index contributed by atoms with van der Waals surface area (Å²) < 4.78 is 5.09. The van der Waals surface area contributed by atoms with Gasteiger partial charge in [-0.05, 0) is 36.8 Å². The molecule has 2 rings (SSSR count). The van der Waals surface area contributed by atoms with Crippen LogP contribution in [0.5, 0.6) is 5.75 Å². The first-order valence-electron chi connectivity index (χ1n) is 4.69. The molecule has 0 amide bonds. The van der Waals surface area contributed by atoms with Crippen LogP contribution in [0.15, 0.2) is 29.3 Å². The molecule has 1 atom stereocenters. The van der Waals surface area contributed by atoms with Crippen molar-refractivity contribution in [3.05, 3.63) is 29.8 Å². The molecule has 0 radical (unpaired) electrons. The minimum atomic E-state index is 0.269. The van der Waals surface area contributed by atoms with Crippen LogP contribution in [0.2, 0.25) is 0 Å². The summed E-state index contributed by atoms with van der Waals surface area (Å²) >= 11 is 1.48. The maximum atomic E-state index is 7.49. The number of rotatable bonds is 2. The first-order valence-corrected chi connectivity index (χ1v) is 5.57. The standard InChI is InChI=1S/C11H12N2OS/c1-7-10(13-11(12)15-7)8-3-5-9(14-2)6-4-8/h3-7,12H,1-2H3. The molecule has 1 heterocycles. The van der Waals surface area contributed by atoms with Crippen molar-refractivity contribution >= 4 is 22.6 Å². The van der Waals surface area contributed by atoms with Crippen molar-refractivity contribution < 1.29 is 4.74 Å². The van der Waals surface area contributed by atoms with Gasteiger partial charge in [-0.1, -0.05) is 11.8 Å². The highest BCUT2D eigenvalue weighted by Gasteiger charge is 2.22. The second-order valence-electron chi connectivity index (χ2n) is 3.29. The van der Waals surface area contributed by atoms with Crippen LogP contribution in [-0.2, 0) is 0 Å². The van der Waals surface area contributed by atoms with E-state index >= 15 is 0 Å². The van der Waals surface area contributed by atoms with Gasteiger partial charge in [0.15, 0.2) is 5.17 Å². The number of hydrogen-bond donors (Lipinski definition) is 1. The summed E-state index contributed by atoms with van der Waals surface area (Å²) in [5.74, 6) is 0.840. The second-order valence-corrected chi connectivity index (χ2v) is 4.62. The smallest absolute Gasteiger partial charge is 0.181 e. The number of nitrogens with one attached hydrogen (secondary N) is 1. The first-order chi connectivity index (χ1) is 7.20. The van der Waals surface area contributed by atoms with E-state index in [0.717, 1.165) is 17.0 Å². The molecule has 1 N–H and O–H groups in total. The second kappa shape index (κ2) is 4.06. The van der Waals surface area contributed by atoms with Gasteiger partial charge >= 0.3 is 0 Å². The maximum absolute atomic E-state index is 7.49. The number of benzene rings is 1. The van der Waals surface area contributed by atoms with E-state index < -0.39 is 0 Å². The monoisotopic (exact) mass is 220 g/mol. The molecule has 1 aromatic carbocycles. The van der Waals surface area contributed by atoms with Gasteiger partial charge in [0.2, 0.25) is 0 Å². The number of methoxy groups -OCH3 is 1. The van der Waals surface area contributed by atoms with Crippen LogP contribution >= 0.6 is 11.8 Å². The molecule has 3 nitrogen and oxygen atoms in total. The molecular weight excluding hydrogens is 208 g/mol. The van der Waals surface area contributed by atoms with E-state index in [1.807, 2.05) is 24.3 Å². The zero-order chi connectivity index (χ0) is 10.8. The van der Waals surface area contributed by atoms with Crippen LogP contribution in [0, 0.1) is 5.41 Å². The highest BCUT2D eigenvalue weighted by Crippen LogP contribution is 2.26. The van der Waals surface area contributed by atoms with Crippen molar-refractivity contribution in [2.24, 2.45) is 4.99 Å². The quantitative estimate of drug-likeness (QED) is 0.832. The third-order valence-electron chi connectivity index (χ3n) is 2.28. The van der Waals surface area contributed by atoms with Gasteiger partial charge in [-0.3, -0.25) is 5.41 Å². The van der Waals surface area contributed by atoms with Gasteiger partial charge in [-0.15, -0.1) is 0 Å². The average Bonchev–Trinajstić information content (AvgIpc) is 2.58. The zero-order valence-corrected chi connectivity index (χ0v) is 9.47. The Kier molecular flexibility index (Phi) is 2.77. The number of aliphatic imine (C=N–C) groups is 1. The molecule has 78 valence electrons. The van der Waals surface area contributed by atoms with E-state index in [2.05, 4.69) is 11.9 Å². The SMILES string of the molecule is COc1ccc(C2=NC(=N)SC2C)cc1. The molecule has 4 heteroatoms. The van der Waals surface area contributed by atoms with E-state index in [0.29, 0.717) is 5.17 Å². The summed E-state index contributed by atoms with van der Waals surface area (Å²) in [7, 11) is 1.65. The molecule has 0 bridgehead atoms. The van der Waals surface area contributed by atoms with Crippen molar-refractivity contribution in [3.63, 3.8) is 0 Å². The number of hydrogen-bond acceptors (Lipinski definition) is 3. The van der Waals surface area contributed by atoms with Gasteiger partial charge in [0.1, 0.15) is 5.75 Å². The Morgan fingerprint density at radius 2 is 2.00 bits per heavy atom. The largest absolute Gasteiger partial charge is 0.497 e. The van der Waals surface area contributed by atoms with E-state index in [1.54, 1.807) is 7.11 Å². The van der Waals surface area contributed by atoms with E-state index in [-0.39, 0.29) is 5.25 Å². The van der Waals surface area contributed by atoms with E-state index in [1.165, 1.54) is 11.8 Å².